The lowest BCUT2D eigenvalue weighted by atomic mass is 9.91. The van der Waals surface area contributed by atoms with E-state index in [1.165, 1.54) is 0 Å². The fraction of sp³-hybridized carbons (Fsp3) is 0.316. The van der Waals surface area contributed by atoms with E-state index in [9.17, 15) is 4.79 Å². The maximum absolute atomic E-state index is 11.9. The van der Waals surface area contributed by atoms with Gasteiger partial charge >= 0.3 is 0 Å². The monoisotopic (exact) mass is 311 g/mol. The van der Waals surface area contributed by atoms with Crippen molar-refractivity contribution in [2.45, 2.75) is 32.2 Å². The number of nitrogens with one attached hydrogen (secondary N) is 2. The number of benzene rings is 2. The maximum atomic E-state index is 11.9. The van der Waals surface area contributed by atoms with Gasteiger partial charge in [0.25, 0.3) is 0 Å². The van der Waals surface area contributed by atoms with Crippen molar-refractivity contribution >= 4 is 17.3 Å². The van der Waals surface area contributed by atoms with Crippen molar-refractivity contribution in [1.29, 1.82) is 0 Å². The van der Waals surface area contributed by atoms with E-state index in [0.29, 0.717) is 13.0 Å². The lowest BCUT2D eigenvalue weighted by Gasteiger charge is -2.30. The van der Waals surface area contributed by atoms with E-state index in [2.05, 4.69) is 10.6 Å². The molecule has 0 aromatic heterocycles. The van der Waals surface area contributed by atoms with Crippen molar-refractivity contribution in [3.8, 4) is 0 Å². The standard InChI is InChI=1S/C19H25N3O/c1-3-7-18(23)22-19(2,14-20)15-10-12-17(13-11-15)21-16-8-5-4-6-9-16/h4-6,8-13,21H,3,7,14,20H2,1-2H3,(H,22,23). The zero-order chi connectivity index (χ0) is 16.7. The molecule has 0 heterocycles. The molecule has 4 N–H and O–H groups in total. The highest BCUT2D eigenvalue weighted by atomic mass is 16.1. The third kappa shape index (κ3) is 4.57. The molecule has 122 valence electrons. The van der Waals surface area contributed by atoms with E-state index in [1.54, 1.807) is 0 Å². The van der Waals surface area contributed by atoms with E-state index >= 15 is 0 Å². The number of carbonyl (C=O) groups is 1. The van der Waals surface area contributed by atoms with Crippen LogP contribution in [0.25, 0.3) is 0 Å². The number of para-hydroxylation sites is 1. The molecule has 2 rings (SSSR count). The Labute approximate surface area is 138 Å². The number of hydrogen-bond donors (Lipinski definition) is 3. The summed E-state index contributed by atoms with van der Waals surface area (Å²) in [6, 6.07) is 18.0. The lowest BCUT2D eigenvalue weighted by molar-refractivity contribution is -0.122. The number of carbonyl (C=O) groups excluding carboxylic acids is 1. The number of anilines is 2. The fourth-order valence-corrected chi connectivity index (χ4v) is 2.45. The van der Waals surface area contributed by atoms with Gasteiger partial charge in [-0.05, 0) is 43.2 Å². The normalized spacial score (nSPS) is 13.2. The molecular formula is C19H25N3O. The summed E-state index contributed by atoms with van der Waals surface area (Å²) in [6.45, 7) is 4.30. The predicted octanol–water partition coefficient (Wildman–Crippen LogP) is 3.52. The molecule has 1 unspecified atom stereocenters. The summed E-state index contributed by atoms with van der Waals surface area (Å²) >= 11 is 0. The minimum Gasteiger partial charge on any atom is -0.356 e. The molecule has 0 saturated heterocycles. The second-order valence-corrected chi connectivity index (χ2v) is 5.90. The van der Waals surface area contributed by atoms with Crippen LogP contribution >= 0.6 is 0 Å². The molecule has 0 aliphatic carbocycles. The Balaban J connectivity index is 2.11. The molecule has 4 nitrogen and oxygen atoms in total. The largest absolute Gasteiger partial charge is 0.356 e. The molecule has 23 heavy (non-hydrogen) atoms. The third-order valence-electron chi connectivity index (χ3n) is 3.89. The van der Waals surface area contributed by atoms with Crippen LogP contribution in [0.1, 0.15) is 32.3 Å². The van der Waals surface area contributed by atoms with Gasteiger partial charge in [0.2, 0.25) is 5.91 Å². The van der Waals surface area contributed by atoms with Crippen LogP contribution in [-0.2, 0) is 10.3 Å². The summed E-state index contributed by atoms with van der Waals surface area (Å²) < 4.78 is 0. The van der Waals surface area contributed by atoms with E-state index in [1.807, 2.05) is 68.4 Å². The molecule has 0 bridgehead atoms. The number of amides is 1. The predicted molar refractivity (Wildman–Crippen MR) is 95.6 cm³/mol. The zero-order valence-electron chi connectivity index (χ0n) is 13.8. The van der Waals surface area contributed by atoms with Gasteiger partial charge in [-0.3, -0.25) is 4.79 Å². The van der Waals surface area contributed by atoms with Crippen LogP contribution < -0.4 is 16.4 Å². The van der Waals surface area contributed by atoms with Crippen molar-refractivity contribution in [3.05, 3.63) is 60.2 Å². The van der Waals surface area contributed by atoms with E-state index in [0.717, 1.165) is 23.4 Å². The van der Waals surface area contributed by atoms with Gasteiger partial charge in [-0.25, -0.2) is 0 Å². The molecule has 1 atom stereocenters. The van der Waals surface area contributed by atoms with Gasteiger partial charge in [-0.15, -0.1) is 0 Å². The van der Waals surface area contributed by atoms with Crippen LogP contribution in [0.5, 0.6) is 0 Å². The summed E-state index contributed by atoms with van der Waals surface area (Å²) in [7, 11) is 0. The highest BCUT2D eigenvalue weighted by molar-refractivity contribution is 5.77. The smallest absolute Gasteiger partial charge is 0.220 e. The quantitative estimate of drug-likeness (QED) is 0.733. The first-order valence-electron chi connectivity index (χ1n) is 8.01. The zero-order valence-corrected chi connectivity index (χ0v) is 13.8. The minimum absolute atomic E-state index is 0.0342. The number of nitrogens with two attached hydrogens (primary N) is 1. The van der Waals surface area contributed by atoms with Crippen LogP contribution in [0.15, 0.2) is 54.6 Å². The highest BCUT2D eigenvalue weighted by Gasteiger charge is 2.26. The molecule has 0 saturated carbocycles. The summed E-state index contributed by atoms with van der Waals surface area (Å²) in [6.07, 6.45) is 1.34. The Morgan fingerprint density at radius 1 is 1.04 bits per heavy atom. The Morgan fingerprint density at radius 3 is 2.22 bits per heavy atom. The van der Waals surface area contributed by atoms with Gasteiger partial charge in [-0.1, -0.05) is 37.3 Å². The summed E-state index contributed by atoms with van der Waals surface area (Å²) in [5.41, 5.74) is 8.41. The Morgan fingerprint density at radius 2 is 1.65 bits per heavy atom. The van der Waals surface area contributed by atoms with Gasteiger partial charge in [0.15, 0.2) is 0 Å². The molecule has 2 aromatic rings. The average Bonchev–Trinajstić information content (AvgIpc) is 2.56. The van der Waals surface area contributed by atoms with Gasteiger partial charge in [0, 0.05) is 24.3 Å². The highest BCUT2D eigenvalue weighted by Crippen LogP contribution is 2.23. The van der Waals surface area contributed by atoms with Gasteiger partial charge in [0.05, 0.1) is 5.54 Å². The summed E-state index contributed by atoms with van der Waals surface area (Å²) in [5, 5.41) is 6.39. The summed E-state index contributed by atoms with van der Waals surface area (Å²) in [5.74, 6) is 0.0342. The number of rotatable bonds is 7. The topological polar surface area (TPSA) is 67.2 Å². The Bertz CT molecular complexity index is 625. The molecule has 0 aliphatic rings. The minimum atomic E-state index is -0.544. The molecule has 0 aliphatic heterocycles. The van der Waals surface area contributed by atoms with E-state index in [4.69, 9.17) is 5.73 Å². The van der Waals surface area contributed by atoms with E-state index < -0.39 is 5.54 Å². The molecule has 0 radical (unpaired) electrons. The van der Waals surface area contributed by atoms with Crippen molar-refractivity contribution < 1.29 is 4.79 Å². The molecular weight excluding hydrogens is 286 g/mol. The van der Waals surface area contributed by atoms with Gasteiger partial charge in [0.1, 0.15) is 0 Å². The van der Waals surface area contributed by atoms with Crippen LogP contribution in [0, 0.1) is 0 Å². The van der Waals surface area contributed by atoms with Gasteiger partial charge in [-0.2, -0.15) is 0 Å². The molecule has 1 amide bonds. The fourth-order valence-electron chi connectivity index (χ4n) is 2.45. The van der Waals surface area contributed by atoms with Crippen LogP contribution in [-0.4, -0.2) is 12.5 Å². The second kappa shape index (κ2) is 7.79. The molecule has 0 spiro atoms. The summed E-state index contributed by atoms with van der Waals surface area (Å²) in [4.78, 5) is 11.9. The SMILES string of the molecule is CCCC(=O)NC(C)(CN)c1ccc(Nc2ccccc2)cc1. The Hall–Kier alpha value is -2.33. The average molecular weight is 311 g/mol. The lowest BCUT2D eigenvalue weighted by Crippen LogP contribution is -2.48. The second-order valence-electron chi connectivity index (χ2n) is 5.90. The van der Waals surface area contributed by atoms with E-state index in [-0.39, 0.29) is 5.91 Å². The van der Waals surface area contributed by atoms with Gasteiger partial charge < -0.3 is 16.4 Å². The molecule has 4 heteroatoms. The Kier molecular flexibility index (Phi) is 5.77. The number of hydrogen-bond acceptors (Lipinski definition) is 3. The van der Waals surface area contributed by atoms with Crippen LogP contribution in [0.2, 0.25) is 0 Å². The van der Waals surface area contributed by atoms with Crippen LogP contribution in [0.4, 0.5) is 11.4 Å². The van der Waals surface area contributed by atoms with Crippen molar-refractivity contribution in [2.24, 2.45) is 5.73 Å². The maximum Gasteiger partial charge on any atom is 0.220 e. The van der Waals surface area contributed by atoms with Crippen LogP contribution in [0.3, 0.4) is 0 Å². The third-order valence-corrected chi connectivity index (χ3v) is 3.89. The molecule has 2 aromatic carbocycles. The van der Waals surface area contributed by atoms with Crippen molar-refractivity contribution in [3.63, 3.8) is 0 Å². The first-order valence-corrected chi connectivity index (χ1v) is 8.01. The van der Waals surface area contributed by atoms with Crippen molar-refractivity contribution in [1.82, 2.24) is 5.32 Å². The molecule has 0 fully saturated rings. The first-order chi connectivity index (χ1) is 11.1. The van der Waals surface area contributed by atoms with Crippen molar-refractivity contribution in [2.75, 3.05) is 11.9 Å². The first kappa shape index (κ1) is 17.0.